The fraction of sp³-hybridized carbons (Fsp3) is 0.120. The highest BCUT2D eigenvalue weighted by molar-refractivity contribution is 5.90. The van der Waals surface area contributed by atoms with Gasteiger partial charge in [0, 0.05) is 0 Å². The van der Waals surface area contributed by atoms with Crippen LogP contribution in [0.2, 0.25) is 0 Å². The number of hydrazine groups is 1. The van der Waals surface area contributed by atoms with Gasteiger partial charge in [0.25, 0.3) is 5.91 Å². The summed E-state index contributed by atoms with van der Waals surface area (Å²) in [5.41, 5.74) is 9.68. The van der Waals surface area contributed by atoms with Crippen LogP contribution >= 0.6 is 0 Å². The first-order valence-electron chi connectivity index (χ1n) is 9.73. The Morgan fingerprint density at radius 2 is 1.33 bits per heavy atom. The molecule has 5 nitrogen and oxygen atoms in total. The molecule has 0 aliphatic carbocycles. The van der Waals surface area contributed by atoms with E-state index in [4.69, 9.17) is 0 Å². The van der Waals surface area contributed by atoms with Gasteiger partial charge >= 0.3 is 0 Å². The second-order valence-electron chi connectivity index (χ2n) is 6.99. The largest absolute Gasteiger partial charge is 0.346 e. The van der Waals surface area contributed by atoms with Crippen LogP contribution in [0.15, 0.2) is 91.5 Å². The lowest BCUT2D eigenvalue weighted by atomic mass is 9.90. The Morgan fingerprint density at radius 1 is 0.800 bits per heavy atom. The molecule has 0 saturated heterocycles. The van der Waals surface area contributed by atoms with Crippen LogP contribution in [-0.4, -0.2) is 18.4 Å². The molecule has 2 amide bonds. The number of amides is 2. The standard InChI is InChI=1S/C25H25N3O2/c1-18-13-15-20(16-14-18)19(2)27-28-23(29)17-26-25(30)24(21-9-5-3-6-10-21)22-11-7-4-8-12-22/h3-16,24,27H,2,17H2,1H3,(H,26,30)(H,28,29). The molecule has 0 fully saturated rings. The molecule has 3 rings (SSSR count). The van der Waals surface area contributed by atoms with Crippen LogP contribution in [0, 0.1) is 6.92 Å². The predicted molar refractivity (Wildman–Crippen MR) is 119 cm³/mol. The number of nitrogens with one attached hydrogen (secondary N) is 3. The molecule has 3 aromatic rings. The quantitative estimate of drug-likeness (QED) is 0.508. The molecule has 0 heterocycles. The molecule has 0 aromatic heterocycles. The van der Waals surface area contributed by atoms with Crippen LogP contribution < -0.4 is 16.2 Å². The van der Waals surface area contributed by atoms with E-state index in [2.05, 4.69) is 22.7 Å². The van der Waals surface area contributed by atoms with Crippen molar-refractivity contribution in [1.82, 2.24) is 16.2 Å². The number of carbonyl (C=O) groups is 2. The summed E-state index contributed by atoms with van der Waals surface area (Å²) >= 11 is 0. The van der Waals surface area contributed by atoms with E-state index in [-0.39, 0.29) is 18.4 Å². The van der Waals surface area contributed by atoms with Crippen LogP contribution in [0.25, 0.3) is 5.70 Å². The molecular weight excluding hydrogens is 374 g/mol. The van der Waals surface area contributed by atoms with E-state index in [1.165, 1.54) is 0 Å². The number of benzene rings is 3. The number of hydrogen-bond acceptors (Lipinski definition) is 3. The fourth-order valence-electron chi connectivity index (χ4n) is 3.07. The highest BCUT2D eigenvalue weighted by Gasteiger charge is 2.22. The summed E-state index contributed by atoms with van der Waals surface area (Å²) in [6.45, 7) is 5.77. The van der Waals surface area contributed by atoms with Gasteiger partial charge in [0.2, 0.25) is 5.91 Å². The van der Waals surface area contributed by atoms with Crippen molar-refractivity contribution in [2.45, 2.75) is 12.8 Å². The molecule has 0 aliphatic heterocycles. The highest BCUT2D eigenvalue weighted by atomic mass is 16.2. The van der Waals surface area contributed by atoms with Crippen LogP contribution in [0.5, 0.6) is 0 Å². The van der Waals surface area contributed by atoms with E-state index in [1.807, 2.05) is 91.9 Å². The highest BCUT2D eigenvalue weighted by Crippen LogP contribution is 2.24. The molecule has 3 N–H and O–H groups in total. The Hall–Kier alpha value is -3.86. The van der Waals surface area contributed by atoms with E-state index in [1.54, 1.807) is 0 Å². The molecule has 0 aliphatic rings. The minimum atomic E-state index is -0.490. The van der Waals surface area contributed by atoms with Gasteiger partial charge < -0.3 is 5.32 Å². The molecule has 0 atom stereocenters. The van der Waals surface area contributed by atoms with Gasteiger partial charge in [0.05, 0.1) is 18.2 Å². The number of hydrogen-bond donors (Lipinski definition) is 3. The Balaban J connectivity index is 1.58. The molecule has 0 unspecified atom stereocenters. The van der Waals surface area contributed by atoms with E-state index in [9.17, 15) is 9.59 Å². The molecule has 0 radical (unpaired) electrons. The molecule has 0 saturated carbocycles. The monoisotopic (exact) mass is 399 g/mol. The smallest absolute Gasteiger partial charge is 0.257 e. The third kappa shape index (κ3) is 5.58. The van der Waals surface area contributed by atoms with E-state index in [0.29, 0.717) is 5.70 Å². The van der Waals surface area contributed by atoms with Gasteiger partial charge in [-0.25, -0.2) is 0 Å². The van der Waals surface area contributed by atoms with Crippen molar-refractivity contribution in [2.24, 2.45) is 0 Å². The predicted octanol–water partition coefficient (Wildman–Crippen LogP) is 3.53. The second-order valence-corrected chi connectivity index (χ2v) is 6.99. The maximum absolute atomic E-state index is 12.9. The topological polar surface area (TPSA) is 70.2 Å². The van der Waals surface area contributed by atoms with E-state index < -0.39 is 5.92 Å². The Labute approximate surface area is 176 Å². The van der Waals surface area contributed by atoms with Crippen LogP contribution in [0.4, 0.5) is 0 Å². The first kappa shape index (κ1) is 20.9. The van der Waals surface area contributed by atoms with Crippen LogP contribution in [0.3, 0.4) is 0 Å². The third-order valence-electron chi connectivity index (χ3n) is 4.70. The summed E-state index contributed by atoms with van der Waals surface area (Å²) in [5, 5.41) is 2.73. The van der Waals surface area contributed by atoms with Gasteiger partial charge in [-0.15, -0.1) is 0 Å². The van der Waals surface area contributed by atoms with Gasteiger partial charge in [-0.3, -0.25) is 20.4 Å². The van der Waals surface area contributed by atoms with Gasteiger partial charge in [0.15, 0.2) is 0 Å². The SMILES string of the molecule is C=C(NNC(=O)CNC(=O)C(c1ccccc1)c1ccccc1)c1ccc(C)cc1. The molecular formula is C25H25N3O2. The number of carbonyl (C=O) groups excluding carboxylic acids is 2. The van der Waals surface area contributed by atoms with Crippen molar-refractivity contribution in [3.8, 4) is 0 Å². The maximum Gasteiger partial charge on any atom is 0.257 e. The number of rotatable bonds is 8. The van der Waals surface area contributed by atoms with Crippen molar-refractivity contribution < 1.29 is 9.59 Å². The maximum atomic E-state index is 12.9. The van der Waals surface area contributed by atoms with Crippen molar-refractivity contribution >= 4 is 17.5 Å². The van der Waals surface area contributed by atoms with Crippen molar-refractivity contribution in [3.05, 3.63) is 114 Å². The van der Waals surface area contributed by atoms with Gasteiger partial charge in [-0.2, -0.15) is 0 Å². The van der Waals surface area contributed by atoms with Crippen LogP contribution in [-0.2, 0) is 9.59 Å². The summed E-state index contributed by atoms with van der Waals surface area (Å²) in [7, 11) is 0. The molecule has 30 heavy (non-hydrogen) atoms. The zero-order chi connectivity index (χ0) is 21.3. The van der Waals surface area contributed by atoms with Gasteiger partial charge in [-0.1, -0.05) is 97.1 Å². The van der Waals surface area contributed by atoms with E-state index in [0.717, 1.165) is 22.3 Å². The average molecular weight is 399 g/mol. The van der Waals surface area contributed by atoms with Gasteiger partial charge in [-0.05, 0) is 23.6 Å². The molecule has 0 spiro atoms. The molecule has 152 valence electrons. The average Bonchev–Trinajstić information content (AvgIpc) is 2.78. The normalized spacial score (nSPS) is 10.3. The zero-order valence-electron chi connectivity index (χ0n) is 16.9. The lowest BCUT2D eigenvalue weighted by Gasteiger charge is -2.18. The summed E-state index contributed by atoms with van der Waals surface area (Å²) in [5.74, 6) is -1.09. The summed E-state index contributed by atoms with van der Waals surface area (Å²) in [6, 6.07) is 26.8. The molecule has 0 bridgehead atoms. The Kier molecular flexibility index (Phi) is 7.00. The number of aryl methyl sites for hydroxylation is 1. The van der Waals surface area contributed by atoms with Crippen molar-refractivity contribution in [3.63, 3.8) is 0 Å². The third-order valence-corrected chi connectivity index (χ3v) is 4.70. The first-order chi connectivity index (χ1) is 14.5. The van der Waals surface area contributed by atoms with E-state index >= 15 is 0 Å². The summed E-state index contributed by atoms with van der Waals surface area (Å²) < 4.78 is 0. The summed E-state index contributed by atoms with van der Waals surface area (Å²) in [6.07, 6.45) is 0. The Bertz CT molecular complexity index is 960. The minimum Gasteiger partial charge on any atom is -0.346 e. The second kappa shape index (κ2) is 10.1. The fourth-order valence-corrected chi connectivity index (χ4v) is 3.07. The van der Waals surface area contributed by atoms with Crippen molar-refractivity contribution in [1.29, 1.82) is 0 Å². The van der Waals surface area contributed by atoms with Crippen molar-refractivity contribution in [2.75, 3.05) is 6.54 Å². The first-order valence-corrected chi connectivity index (χ1v) is 9.73. The molecule has 3 aromatic carbocycles. The minimum absolute atomic E-state index is 0.150. The zero-order valence-corrected chi connectivity index (χ0v) is 16.9. The lowest BCUT2D eigenvalue weighted by Crippen LogP contribution is -2.44. The molecule has 5 heteroatoms. The Morgan fingerprint density at radius 3 is 1.87 bits per heavy atom. The van der Waals surface area contributed by atoms with Crippen LogP contribution in [0.1, 0.15) is 28.2 Å². The summed E-state index contributed by atoms with van der Waals surface area (Å²) in [4.78, 5) is 25.1. The lowest BCUT2D eigenvalue weighted by molar-refractivity contribution is -0.126. The van der Waals surface area contributed by atoms with Gasteiger partial charge in [0.1, 0.15) is 0 Å².